The molecule has 0 aromatic heterocycles. The Morgan fingerprint density at radius 2 is 1.87 bits per heavy atom. The second kappa shape index (κ2) is 6.54. The summed E-state index contributed by atoms with van der Waals surface area (Å²) in [6, 6.07) is 14.5. The smallest absolute Gasteiger partial charge is 0.253 e. The molecule has 0 bridgehead atoms. The van der Waals surface area contributed by atoms with E-state index in [1.807, 2.05) is 43.3 Å². The van der Waals surface area contributed by atoms with Gasteiger partial charge in [0.25, 0.3) is 5.91 Å². The van der Waals surface area contributed by atoms with Gasteiger partial charge in [0.15, 0.2) is 0 Å². The predicted molar refractivity (Wildman–Crippen MR) is 93.5 cm³/mol. The third-order valence-corrected chi connectivity index (χ3v) is 4.67. The Labute approximate surface area is 143 Å². The van der Waals surface area contributed by atoms with Crippen LogP contribution in [0.4, 0.5) is 5.69 Å². The molecule has 5 heteroatoms. The van der Waals surface area contributed by atoms with Gasteiger partial charge in [-0.1, -0.05) is 29.8 Å². The molecule has 0 aliphatic carbocycles. The van der Waals surface area contributed by atoms with Crippen molar-refractivity contribution in [2.45, 2.75) is 19.4 Å². The Morgan fingerprint density at radius 1 is 1.17 bits per heavy atom. The Balaban J connectivity index is 1.71. The molecule has 23 heavy (non-hydrogen) atoms. The van der Waals surface area contributed by atoms with Crippen molar-refractivity contribution in [2.75, 3.05) is 11.4 Å². The number of rotatable bonds is 3. The summed E-state index contributed by atoms with van der Waals surface area (Å²) >= 11 is 3.36. The molecule has 1 aliphatic rings. The first-order valence-corrected chi connectivity index (χ1v) is 8.29. The minimum atomic E-state index is -0.476. The van der Waals surface area contributed by atoms with E-state index in [1.54, 1.807) is 17.0 Å². The van der Waals surface area contributed by atoms with Gasteiger partial charge in [-0.05, 0) is 53.5 Å². The molecule has 2 aromatic carbocycles. The maximum Gasteiger partial charge on any atom is 0.253 e. The van der Waals surface area contributed by atoms with E-state index in [0.29, 0.717) is 18.5 Å². The van der Waals surface area contributed by atoms with Crippen LogP contribution >= 0.6 is 15.9 Å². The Hall–Kier alpha value is -2.14. The van der Waals surface area contributed by atoms with Crippen molar-refractivity contribution in [3.63, 3.8) is 0 Å². The number of halogens is 1. The number of hydrogen-bond acceptors (Lipinski definition) is 2. The van der Waals surface area contributed by atoms with E-state index >= 15 is 0 Å². The molecule has 1 N–H and O–H groups in total. The van der Waals surface area contributed by atoms with Crippen molar-refractivity contribution in [3.05, 3.63) is 64.1 Å². The number of aryl methyl sites for hydroxylation is 1. The quantitative estimate of drug-likeness (QED) is 0.898. The van der Waals surface area contributed by atoms with Crippen LogP contribution in [0.15, 0.2) is 53.0 Å². The number of amides is 2. The lowest BCUT2D eigenvalue weighted by Crippen LogP contribution is -2.41. The van der Waals surface area contributed by atoms with E-state index in [4.69, 9.17) is 0 Å². The number of carbonyl (C=O) groups is 2. The molecule has 3 rings (SSSR count). The van der Waals surface area contributed by atoms with Gasteiger partial charge < -0.3 is 10.2 Å². The zero-order chi connectivity index (χ0) is 16.4. The van der Waals surface area contributed by atoms with Gasteiger partial charge >= 0.3 is 0 Å². The van der Waals surface area contributed by atoms with E-state index in [9.17, 15) is 9.59 Å². The third kappa shape index (κ3) is 3.29. The van der Waals surface area contributed by atoms with Crippen molar-refractivity contribution < 1.29 is 9.59 Å². The van der Waals surface area contributed by atoms with E-state index in [0.717, 1.165) is 15.7 Å². The minimum Gasteiger partial charge on any atom is -0.340 e. The Morgan fingerprint density at radius 3 is 2.57 bits per heavy atom. The normalized spacial score (nSPS) is 17.4. The first-order chi connectivity index (χ1) is 11.1. The van der Waals surface area contributed by atoms with Crippen molar-refractivity contribution in [2.24, 2.45) is 0 Å². The van der Waals surface area contributed by atoms with E-state index < -0.39 is 6.04 Å². The topological polar surface area (TPSA) is 49.4 Å². The minimum absolute atomic E-state index is 0.0609. The largest absolute Gasteiger partial charge is 0.340 e. The van der Waals surface area contributed by atoms with Gasteiger partial charge in [0.1, 0.15) is 6.04 Å². The lowest BCUT2D eigenvalue weighted by molar-refractivity contribution is -0.118. The summed E-state index contributed by atoms with van der Waals surface area (Å²) in [5.41, 5.74) is 2.56. The lowest BCUT2D eigenvalue weighted by atomic mass is 10.2. The molecule has 0 radical (unpaired) electrons. The number of nitrogens with one attached hydrogen (secondary N) is 1. The van der Waals surface area contributed by atoms with Crippen molar-refractivity contribution >= 4 is 33.4 Å². The molecule has 0 saturated carbocycles. The molecule has 0 unspecified atom stereocenters. The van der Waals surface area contributed by atoms with Crippen LogP contribution in [0, 0.1) is 6.92 Å². The molecule has 1 atom stereocenters. The number of benzene rings is 2. The maximum atomic E-state index is 12.5. The molecular formula is C18H17BrN2O2. The van der Waals surface area contributed by atoms with Gasteiger partial charge in [0.05, 0.1) is 5.56 Å². The van der Waals surface area contributed by atoms with Gasteiger partial charge in [0.2, 0.25) is 5.91 Å². The SMILES string of the molecule is Cc1ccc(N2CC[C@@H](NC(=O)c3ccccc3Br)C2=O)cc1. The average molecular weight is 373 g/mol. The van der Waals surface area contributed by atoms with Gasteiger partial charge in [0, 0.05) is 16.7 Å². The summed E-state index contributed by atoms with van der Waals surface area (Å²) in [5.74, 6) is -0.296. The second-order valence-electron chi connectivity index (χ2n) is 5.62. The van der Waals surface area contributed by atoms with Crippen LogP contribution in [0.25, 0.3) is 0 Å². The highest BCUT2D eigenvalue weighted by atomic mass is 79.9. The van der Waals surface area contributed by atoms with Gasteiger partial charge in [-0.15, -0.1) is 0 Å². The molecule has 2 aromatic rings. The van der Waals surface area contributed by atoms with Crippen molar-refractivity contribution in [1.29, 1.82) is 0 Å². The molecule has 118 valence electrons. The predicted octanol–water partition coefficient (Wildman–Crippen LogP) is 3.29. The molecule has 2 amide bonds. The number of anilines is 1. The fourth-order valence-electron chi connectivity index (χ4n) is 2.68. The highest BCUT2D eigenvalue weighted by molar-refractivity contribution is 9.10. The van der Waals surface area contributed by atoms with Gasteiger partial charge in [-0.2, -0.15) is 0 Å². The summed E-state index contributed by atoms with van der Waals surface area (Å²) in [7, 11) is 0. The van der Waals surface area contributed by atoms with Crippen molar-refractivity contribution in [3.8, 4) is 0 Å². The van der Waals surface area contributed by atoms with Crippen LogP contribution in [0.5, 0.6) is 0 Å². The number of carbonyl (C=O) groups excluding carboxylic acids is 2. The molecule has 1 heterocycles. The monoisotopic (exact) mass is 372 g/mol. The van der Waals surface area contributed by atoms with E-state index in [2.05, 4.69) is 21.2 Å². The van der Waals surface area contributed by atoms with Crippen LogP contribution < -0.4 is 10.2 Å². The van der Waals surface area contributed by atoms with Crippen molar-refractivity contribution in [1.82, 2.24) is 5.32 Å². The Kier molecular flexibility index (Phi) is 4.48. The number of nitrogens with zero attached hydrogens (tertiary/aromatic N) is 1. The zero-order valence-corrected chi connectivity index (χ0v) is 14.3. The second-order valence-corrected chi connectivity index (χ2v) is 6.47. The molecule has 1 fully saturated rings. The highest BCUT2D eigenvalue weighted by Crippen LogP contribution is 2.23. The molecule has 1 aliphatic heterocycles. The molecular weight excluding hydrogens is 356 g/mol. The van der Waals surface area contributed by atoms with Crippen LogP contribution in [0.2, 0.25) is 0 Å². The molecule has 4 nitrogen and oxygen atoms in total. The first kappa shape index (κ1) is 15.7. The number of hydrogen-bond donors (Lipinski definition) is 1. The van der Waals surface area contributed by atoms with Crippen LogP contribution in [0.1, 0.15) is 22.3 Å². The Bertz CT molecular complexity index is 743. The average Bonchev–Trinajstić information content (AvgIpc) is 2.89. The van der Waals surface area contributed by atoms with Crippen LogP contribution in [0.3, 0.4) is 0 Å². The summed E-state index contributed by atoms with van der Waals surface area (Å²) in [5, 5.41) is 2.84. The summed E-state index contributed by atoms with van der Waals surface area (Å²) in [6.07, 6.45) is 0.614. The van der Waals surface area contributed by atoms with E-state index in [1.165, 1.54) is 0 Å². The fourth-order valence-corrected chi connectivity index (χ4v) is 3.14. The van der Waals surface area contributed by atoms with Gasteiger partial charge in [-0.25, -0.2) is 0 Å². The maximum absolute atomic E-state index is 12.5. The van der Waals surface area contributed by atoms with Crippen LogP contribution in [-0.2, 0) is 4.79 Å². The lowest BCUT2D eigenvalue weighted by Gasteiger charge is -2.17. The highest BCUT2D eigenvalue weighted by Gasteiger charge is 2.33. The fraction of sp³-hybridized carbons (Fsp3) is 0.222. The van der Waals surface area contributed by atoms with Gasteiger partial charge in [-0.3, -0.25) is 9.59 Å². The molecule has 1 saturated heterocycles. The first-order valence-electron chi connectivity index (χ1n) is 7.49. The van der Waals surface area contributed by atoms with E-state index in [-0.39, 0.29) is 11.8 Å². The summed E-state index contributed by atoms with van der Waals surface area (Å²) in [6.45, 7) is 2.62. The zero-order valence-electron chi connectivity index (χ0n) is 12.8. The summed E-state index contributed by atoms with van der Waals surface area (Å²) in [4.78, 5) is 26.6. The molecule has 0 spiro atoms. The van der Waals surface area contributed by atoms with Crippen LogP contribution in [-0.4, -0.2) is 24.4 Å². The third-order valence-electron chi connectivity index (χ3n) is 3.97. The summed E-state index contributed by atoms with van der Waals surface area (Å²) < 4.78 is 0.721. The standard InChI is InChI=1S/C18H17BrN2O2/c1-12-6-8-13(9-7-12)21-11-10-16(18(21)23)20-17(22)14-4-2-3-5-15(14)19/h2-9,16H,10-11H2,1H3,(H,20,22)/t16-/m1/s1.